The summed E-state index contributed by atoms with van der Waals surface area (Å²) in [4.78, 5) is 4.81. The molecule has 178 valence electrons. The van der Waals surface area contributed by atoms with Crippen molar-refractivity contribution in [1.29, 1.82) is 0 Å². The summed E-state index contributed by atoms with van der Waals surface area (Å²) in [7, 11) is -0.655. The minimum Gasteiger partial charge on any atom is -0.365 e. The molecule has 0 fully saturated rings. The van der Waals surface area contributed by atoms with E-state index in [1.54, 1.807) is 35.7 Å². The van der Waals surface area contributed by atoms with Crippen molar-refractivity contribution in [3.63, 3.8) is 0 Å². The maximum Gasteiger partial charge on any atom is 0.416 e. The fourth-order valence-electron chi connectivity index (χ4n) is 3.68. The lowest BCUT2D eigenvalue weighted by Crippen LogP contribution is -2.22. The van der Waals surface area contributed by atoms with Crippen LogP contribution in [0.15, 0.2) is 71.8 Å². The summed E-state index contributed by atoms with van der Waals surface area (Å²) >= 11 is 0. The average Bonchev–Trinajstić information content (AvgIpc) is 3.15. The van der Waals surface area contributed by atoms with Gasteiger partial charge in [-0.2, -0.15) is 13.2 Å². The summed E-state index contributed by atoms with van der Waals surface area (Å²) in [6.45, 7) is 1.77. The Morgan fingerprint density at radius 1 is 1.03 bits per heavy atom. The smallest absolute Gasteiger partial charge is 0.365 e. The molecule has 0 aliphatic heterocycles. The van der Waals surface area contributed by atoms with Crippen molar-refractivity contribution in [3.05, 3.63) is 83.6 Å². The summed E-state index contributed by atoms with van der Waals surface area (Å²) in [5.41, 5.74) is 2.18. The van der Waals surface area contributed by atoms with Gasteiger partial charge in [0.15, 0.2) is 0 Å². The maximum absolute atomic E-state index is 13.2. The van der Waals surface area contributed by atoms with Crippen LogP contribution in [0.2, 0.25) is 0 Å². The number of fused-ring (bicyclic) bond motifs is 1. The van der Waals surface area contributed by atoms with Crippen molar-refractivity contribution in [2.24, 2.45) is 0 Å². The first-order chi connectivity index (χ1) is 16.0. The van der Waals surface area contributed by atoms with E-state index >= 15 is 0 Å². The monoisotopic (exact) mass is 488 g/mol. The third-order valence-electron chi connectivity index (χ3n) is 5.36. The van der Waals surface area contributed by atoms with Gasteiger partial charge in [0.05, 0.1) is 10.5 Å². The molecule has 0 bridgehead atoms. The van der Waals surface area contributed by atoms with Gasteiger partial charge in [-0.3, -0.25) is 4.40 Å². The maximum atomic E-state index is 13.2. The number of aryl methyl sites for hydroxylation is 1. The first-order valence-corrected chi connectivity index (χ1v) is 11.8. The number of imidazole rings is 1. The Morgan fingerprint density at radius 3 is 2.38 bits per heavy atom. The van der Waals surface area contributed by atoms with Crippen LogP contribution in [0.4, 0.5) is 19.0 Å². The van der Waals surface area contributed by atoms with Crippen LogP contribution < -0.4 is 5.32 Å². The quantitative estimate of drug-likeness (QED) is 0.406. The molecule has 0 spiro atoms. The Hall–Kier alpha value is -3.37. The van der Waals surface area contributed by atoms with Crippen molar-refractivity contribution in [3.8, 4) is 11.3 Å². The number of nitrogens with one attached hydrogen (secondary N) is 1. The largest absolute Gasteiger partial charge is 0.416 e. The summed E-state index contributed by atoms with van der Waals surface area (Å²) in [6, 6.07) is 15.8. The molecule has 0 unspecified atom stereocenters. The van der Waals surface area contributed by atoms with Crippen molar-refractivity contribution < 1.29 is 21.6 Å². The number of anilines is 1. The Kier molecular flexibility index (Phi) is 6.13. The van der Waals surface area contributed by atoms with Crippen molar-refractivity contribution in [2.75, 3.05) is 19.4 Å². The van der Waals surface area contributed by atoms with E-state index in [0.29, 0.717) is 33.8 Å². The molecule has 0 aliphatic carbocycles. The lowest BCUT2D eigenvalue weighted by atomic mass is 10.1. The minimum absolute atomic E-state index is 0.146. The lowest BCUT2D eigenvalue weighted by molar-refractivity contribution is -0.137. The Balaban J connectivity index is 1.72. The molecule has 0 atom stereocenters. The molecule has 0 aliphatic rings. The van der Waals surface area contributed by atoms with Gasteiger partial charge in [0.1, 0.15) is 17.2 Å². The zero-order valence-corrected chi connectivity index (χ0v) is 19.6. The minimum atomic E-state index is -4.43. The normalized spacial score (nSPS) is 12.4. The number of aromatic nitrogens is 2. The Bertz CT molecular complexity index is 1440. The lowest BCUT2D eigenvalue weighted by Gasteiger charge is -2.13. The van der Waals surface area contributed by atoms with Crippen LogP contribution in [0, 0.1) is 6.92 Å². The topological polar surface area (TPSA) is 66.7 Å². The first kappa shape index (κ1) is 23.8. The van der Waals surface area contributed by atoms with Gasteiger partial charge in [-0.25, -0.2) is 17.7 Å². The Morgan fingerprint density at radius 2 is 1.74 bits per heavy atom. The van der Waals surface area contributed by atoms with Crippen molar-refractivity contribution in [1.82, 2.24) is 13.7 Å². The molecular weight excluding hydrogens is 465 g/mol. The number of pyridine rings is 1. The second-order valence-electron chi connectivity index (χ2n) is 8.11. The van der Waals surface area contributed by atoms with Gasteiger partial charge in [-0.05, 0) is 48.9 Å². The van der Waals surface area contributed by atoms with Crippen LogP contribution in [-0.2, 0) is 22.7 Å². The van der Waals surface area contributed by atoms with Crippen LogP contribution in [0.1, 0.15) is 16.7 Å². The first-order valence-electron chi connectivity index (χ1n) is 10.4. The highest BCUT2D eigenvalue weighted by Crippen LogP contribution is 2.32. The number of hydrogen-bond donors (Lipinski definition) is 1. The highest BCUT2D eigenvalue weighted by molar-refractivity contribution is 7.89. The predicted molar refractivity (Wildman–Crippen MR) is 125 cm³/mol. The second kappa shape index (κ2) is 8.77. The van der Waals surface area contributed by atoms with Crippen molar-refractivity contribution >= 4 is 21.5 Å². The highest BCUT2D eigenvalue weighted by Gasteiger charge is 2.31. The van der Waals surface area contributed by atoms with Crippen molar-refractivity contribution in [2.45, 2.75) is 24.5 Å². The van der Waals surface area contributed by atoms with E-state index in [9.17, 15) is 21.6 Å². The summed E-state index contributed by atoms with van der Waals surface area (Å²) in [6.07, 6.45) is -2.62. The molecule has 2 aromatic heterocycles. The van der Waals surface area contributed by atoms with Gasteiger partial charge in [0.25, 0.3) is 0 Å². The summed E-state index contributed by atoms with van der Waals surface area (Å²) < 4.78 is 67.4. The number of hydrogen-bond acceptors (Lipinski definition) is 4. The molecule has 0 saturated heterocycles. The molecule has 10 heteroatoms. The van der Waals surface area contributed by atoms with Crippen LogP contribution in [0.25, 0.3) is 16.9 Å². The second-order valence-corrected chi connectivity index (χ2v) is 10.3. The fraction of sp³-hybridized carbons (Fsp3) is 0.208. The molecule has 0 saturated carbocycles. The molecule has 34 heavy (non-hydrogen) atoms. The van der Waals surface area contributed by atoms with Crippen LogP contribution in [0.5, 0.6) is 0 Å². The molecule has 0 radical (unpaired) electrons. The number of nitrogens with zero attached hydrogens (tertiary/aromatic N) is 3. The standard InChI is InChI=1S/C24H23F3N4O2S/c1-16-12-17(14-19(13-16)24(25,26)27)15-28-23-22(29-21-6-4-5-11-31(21)23)18-7-9-20(10-8-18)34(32,33)30(2)3/h4-14,28H,15H2,1-3H3. The van der Waals surface area contributed by atoms with Crippen LogP contribution in [-0.4, -0.2) is 36.2 Å². The van der Waals surface area contributed by atoms with E-state index in [1.165, 1.54) is 26.2 Å². The van der Waals surface area contributed by atoms with Gasteiger partial charge in [0, 0.05) is 32.4 Å². The summed E-state index contributed by atoms with van der Waals surface area (Å²) in [5, 5.41) is 3.23. The Labute approximate surface area is 195 Å². The average molecular weight is 489 g/mol. The van der Waals surface area contributed by atoms with Crippen LogP contribution in [0.3, 0.4) is 0 Å². The SMILES string of the molecule is Cc1cc(CNc2c(-c3ccc(S(=O)(=O)N(C)C)cc3)nc3ccccn23)cc(C(F)(F)F)c1. The molecule has 2 heterocycles. The molecule has 4 rings (SSSR count). The molecular formula is C24H23F3N4O2S. The number of rotatable bonds is 6. The summed E-state index contributed by atoms with van der Waals surface area (Å²) in [5.74, 6) is 0.592. The zero-order chi connectivity index (χ0) is 24.7. The van der Waals surface area contributed by atoms with Crippen LogP contribution >= 0.6 is 0 Å². The molecule has 1 N–H and O–H groups in total. The molecule has 0 amide bonds. The third-order valence-corrected chi connectivity index (χ3v) is 7.19. The number of benzene rings is 2. The van der Waals surface area contributed by atoms with E-state index in [2.05, 4.69) is 10.3 Å². The van der Waals surface area contributed by atoms with E-state index in [4.69, 9.17) is 0 Å². The highest BCUT2D eigenvalue weighted by atomic mass is 32.2. The molecule has 4 aromatic rings. The van der Waals surface area contributed by atoms with E-state index in [0.717, 1.165) is 16.4 Å². The zero-order valence-electron chi connectivity index (χ0n) is 18.8. The van der Waals surface area contributed by atoms with Gasteiger partial charge >= 0.3 is 6.18 Å². The predicted octanol–water partition coefficient (Wildman–Crippen LogP) is 5.19. The molecule has 2 aromatic carbocycles. The van der Waals surface area contributed by atoms with Gasteiger partial charge in [0.2, 0.25) is 10.0 Å². The fourth-order valence-corrected chi connectivity index (χ4v) is 4.58. The number of alkyl halides is 3. The molecule has 6 nitrogen and oxygen atoms in total. The van der Waals surface area contributed by atoms with E-state index < -0.39 is 21.8 Å². The van der Waals surface area contributed by atoms with Gasteiger partial charge in [-0.1, -0.05) is 29.8 Å². The van der Waals surface area contributed by atoms with Gasteiger partial charge < -0.3 is 5.32 Å². The van der Waals surface area contributed by atoms with E-state index in [-0.39, 0.29) is 11.4 Å². The van der Waals surface area contributed by atoms with Gasteiger partial charge in [-0.15, -0.1) is 0 Å². The number of sulfonamides is 1. The third kappa shape index (κ3) is 4.64. The van der Waals surface area contributed by atoms with E-state index in [1.807, 2.05) is 18.2 Å². The number of halogens is 3.